The van der Waals surface area contributed by atoms with Crippen LogP contribution in [0.2, 0.25) is 0 Å². The zero-order chi connectivity index (χ0) is 36.8. The topological polar surface area (TPSA) is 141 Å². The predicted molar refractivity (Wildman–Crippen MR) is 184 cm³/mol. The number of aliphatic hydroxyl groups excluding tert-OH is 1. The fourth-order valence-corrected chi connectivity index (χ4v) is 7.37. The van der Waals surface area contributed by atoms with Crippen LogP contribution in [0.4, 0.5) is 0 Å². The number of ketones is 1. The Morgan fingerprint density at radius 2 is 1.71 bits per heavy atom. The highest BCUT2D eigenvalue weighted by molar-refractivity contribution is 5.97. The molecule has 2 N–H and O–H groups in total. The van der Waals surface area contributed by atoms with Gasteiger partial charge < -0.3 is 38.8 Å². The number of hydrogen-bond acceptors (Lipinski definition) is 11. The van der Waals surface area contributed by atoms with Gasteiger partial charge in [-0.3, -0.25) is 14.4 Å². The van der Waals surface area contributed by atoms with Crippen LogP contribution < -0.4 is 0 Å². The van der Waals surface area contributed by atoms with Gasteiger partial charge in [0, 0.05) is 32.3 Å². The zero-order valence-corrected chi connectivity index (χ0v) is 31.2. The summed E-state index contributed by atoms with van der Waals surface area (Å²) in [6, 6.07) is 9.26. The van der Waals surface area contributed by atoms with E-state index in [1.807, 2.05) is 56.3 Å². The molecular weight excluding hydrogens is 630 g/mol. The zero-order valence-electron chi connectivity index (χ0n) is 31.2. The second kappa shape index (κ2) is 17.0. The molecule has 276 valence electrons. The summed E-state index contributed by atoms with van der Waals surface area (Å²) in [4.78, 5) is 42.2. The molecule has 0 amide bonds. The average Bonchev–Trinajstić information content (AvgIpc) is 3.04. The Labute approximate surface area is 292 Å². The number of allylic oxidation sites excluding steroid dienone is 1. The first-order valence-electron chi connectivity index (χ1n) is 17.5. The number of likely N-dealkylation sites (N-methyl/N-ethyl adjacent to an activating group) is 1. The van der Waals surface area contributed by atoms with Crippen molar-refractivity contribution in [3.8, 4) is 0 Å². The number of esters is 2. The molecule has 11 nitrogen and oxygen atoms in total. The summed E-state index contributed by atoms with van der Waals surface area (Å²) >= 11 is 0. The molecule has 0 spiro atoms. The molecule has 0 saturated carbocycles. The maximum atomic E-state index is 14.4. The Morgan fingerprint density at radius 3 is 2.27 bits per heavy atom. The maximum absolute atomic E-state index is 14.4. The number of hydrogen-bond donors (Lipinski definition) is 2. The van der Waals surface area contributed by atoms with Gasteiger partial charge in [-0.05, 0) is 78.3 Å². The van der Waals surface area contributed by atoms with E-state index in [4.69, 9.17) is 23.7 Å². The van der Waals surface area contributed by atoms with Gasteiger partial charge in [0.25, 0.3) is 0 Å². The molecule has 2 aliphatic rings. The average molecular weight is 690 g/mol. The Balaban J connectivity index is 2.17. The molecule has 0 bridgehead atoms. The van der Waals surface area contributed by atoms with Crippen molar-refractivity contribution < 1.29 is 48.3 Å². The van der Waals surface area contributed by atoms with Crippen LogP contribution in [0.15, 0.2) is 42.0 Å². The van der Waals surface area contributed by atoms with E-state index in [2.05, 4.69) is 0 Å². The number of nitrogens with zero attached hydrogens (tertiary/aromatic N) is 1. The van der Waals surface area contributed by atoms with Crippen LogP contribution in [0.5, 0.6) is 0 Å². The Hall–Kier alpha value is -2.67. The lowest BCUT2D eigenvalue weighted by Crippen LogP contribution is -2.60. The van der Waals surface area contributed by atoms with E-state index in [0.717, 1.165) is 5.56 Å². The van der Waals surface area contributed by atoms with Crippen LogP contribution in [-0.2, 0) is 44.5 Å². The van der Waals surface area contributed by atoms with Crippen LogP contribution in [0.3, 0.4) is 0 Å². The number of Topliss-reactive ketones (excluding diaryl/α,β-unsaturated/α-hetero) is 1. The highest BCUT2D eigenvalue weighted by atomic mass is 16.7. The number of ether oxygens (including phenoxy) is 5. The third-order valence-corrected chi connectivity index (χ3v) is 10.3. The van der Waals surface area contributed by atoms with Gasteiger partial charge in [0.2, 0.25) is 0 Å². The van der Waals surface area contributed by atoms with Crippen molar-refractivity contribution >= 4 is 17.7 Å². The minimum Gasteiger partial charge on any atom is -0.459 e. The van der Waals surface area contributed by atoms with E-state index in [1.54, 1.807) is 34.6 Å². The Bertz CT molecular complexity index is 1300. The van der Waals surface area contributed by atoms with Crippen molar-refractivity contribution in [3.05, 3.63) is 47.5 Å². The summed E-state index contributed by atoms with van der Waals surface area (Å²) in [5.41, 5.74) is -1.63. The van der Waals surface area contributed by atoms with Gasteiger partial charge in [-0.1, -0.05) is 51.1 Å². The number of cyclic esters (lactones) is 1. The fraction of sp³-hybridized carbons (Fsp3) is 0.711. The molecule has 0 aliphatic carbocycles. The molecule has 1 saturated heterocycles. The van der Waals surface area contributed by atoms with E-state index < -0.39 is 71.6 Å². The monoisotopic (exact) mass is 689 g/mol. The molecule has 0 radical (unpaired) electrons. The minimum atomic E-state index is -1.68. The van der Waals surface area contributed by atoms with Crippen LogP contribution in [0.1, 0.15) is 80.2 Å². The van der Waals surface area contributed by atoms with Gasteiger partial charge in [-0.25, -0.2) is 0 Å². The second-order valence-corrected chi connectivity index (χ2v) is 14.7. The molecule has 0 aromatic heterocycles. The van der Waals surface area contributed by atoms with E-state index in [-0.39, 0.29) is 37.2 Å². The summed E-state index contributed by atoms with van der Waals surface area (Å²) < 4.78 is 30.9. The van der Waals surface area contributed by atoms with Crippen LogP contribution in [0, 0.1) is 17.8 Å². The summed E-state index contributed by atoms with van der Waals surface area (Å²) in [5, 5.41) is 23.5. The minimum absolute atomic E-state index is 0.159. The molecule has 11 heteroatoms. The van der Waals surface area contributed by atoms with Gasteiger partial charge in [0.1, 0.15) is 11.7 Å². The highest BCUT2D eigenvalue weighted by Gasteiger charge is 2.51. The van der Waals surface area contributed by atoms with Crippen molar-refractivity contribution in [2.24, 2.45) is 17.8 Å². The number of carbonyl (C=O) groups excluding carboxylic acids is 3. The van der Waals surface area contributed by atoms with Gasteiger partial charge in [-0.2, -0.15) is 0 Å². The smallest absolute Gasteiger partial charge is 0.311 e. The van der Waals surface area contributed by atoms with Gasteiger partial charge in [-0.15, -0.1) is 0 Å². The second-order valence-electron chi connectivity index (χ2n) is 14.7. The third kappa shape index (κ3) is 9.98. The molecular formula is C38H59NO10. The number of methoxy groups -OCH3 is 1. The summed E-state index contributed by atoms with van der Waals surface area (Å²) in [5.74, 6) is -3.82. The number of benzene rings is 1. The van der Waals surface area contributed by atoms with E-state index in [0.29, 0.717) is 12.0 Å². The molecule has 3 rings (SSSR count). The summed E-state index contributed by atoms with van der Waals surface area (Å²) in [6.07, 6.45) is -2.56. The fourth-order valence-electron chi connectivity index (χ4n) is 7.37. The van der Waals surface area contributed by atoms with Gasteiger partial charge in [0.05, 0.1) is 35.9 Å². The quantitative estimate of drug-likeness (QED) is 0.379. The number of carbonyl (C=O) groups is 3. The van der Waals surface area contributed by atoms with E-state index in [9.17, 15) is 24.6 Å². The lowest BCUT2D eigenvalue weighted by atomic mass is 9.76. The molecule has 49 heavy (non-hydrogen) atoms. The molecule has 12 atom stereocenters. The summed E-state index contributed by atoms with van der Waals surface area (Å²) in [7, 11) is 5.30. The van der Waals surface area contributed by atoms with Crippen LogP contribution >= 0.6 is 0 Å². The molecule has 1 fully saturated rings. The molecule has 2 aliphatic heterocycles. The highest BCUT2D eigenvalue weighted by Crippen LogP contribution is 2.39. The van der Waals surface area contributed by atoms with Crippen LogP contribution in [0.25, 0.3) is 0 Å². The van der Waals surface area contributed by atoms with Crippen molar-refractivity contribution in [3.63, 3.8) is 0 Å². The van der Waals surface area contributed by atoms with Crippen molar-refractivity contribution in [2.75, 3.05) is 21.2 Å². The van der Waals surface area contributed by atoms with Gasteiger partial charge >= 0.3 is 11.9 Å². The van der Waals surface area contributed by atoms with Crippen molar-refractivity contribution in [2.45, 2.75) is 135 Å². The van der Waals surface area contributed by atoms with Crippen molar-refractivity contribution in [1.29, 1.82) is 0 Å². The van der Waals surface area contributed by atoms with E-state index >= 15 is 0 Å². The van der Waals surface area contributed by atoms with Gasteiger partial charge in [0.15, 0.2) is 18.2 Å². The molecule has 1 aromatic carbocycles. The summed E-state index contributed by atoms with van der Waals surface area (Å²) in [6.45, 7) is 13.5. The normalized spacial score (nSPS) is 39.4. The first kappa shape index (κ1) is 40.8. The number of rotatable bonds is 8. The standard InChI is InChI=1S/C38H59NO10/c1-12-30-37(7,44)21-28(19-27-16-14-13-15-17-27)31(41)22(2)20-38(8,45-11)34(24(4)32(42)25(5)35(43)48-30)49-36-33(47-26(6)40)29(39(9)10)18-23(3)46-36/h13-17,21-25,29-30,32-34,36,42,44H,12,18-20H2,1-11H3/b28-21+/t22-,23-,24+,25-,29+,30-,32+,33-,34-,36+,37+,38-/m1/s1. The first-order chi connectivity index (χ1) is 22.8. The maximum Gasteiger partial charge on any atom is 0.311 e. The largest absolute Gasteiger partial charge is 0.459 e. The lowest BCUT2D eigenvalue weighted by molar-refractivity contribution is -0.303. The molecule has 0 unspecified atom stereocenters. The lowest BCUT2D eigenvalue weighted by Gasteiger charge is -2.48. The van der Waals surface area contributed by atoms with E-state index in [1.165, 1.54) is 27.0 Å². The first-order valence-corrected chi connectivity index (χ1v) is 17.5. The SMILES string of the molecule is CC[C@H]1OC(=O)[C@H](C)[C@@H](O)[C@H](C)[C@@H](O[C@@H]2O[C@H](C)C[C@H](N(C)C)[C@H]2OC(C)=O)[C@](C)(OC)C[C@@H](C)C(=O)/C(Cc2ccccc2)=C/[C@]1(C)O. The Morgan fingerprint density at radius 1 is 1.08 bits per heavy atom. The number of aliphatic hydroxyl groups is 2. The predicted octanol–water partition coefficient (Wildman–Crippen LogP) is 4.26. The Kier molecular flexibility index (Phi) is 14.2. The molecule has 1 aromatic rings. The van der Waals surface area contributed by atoms with Crippen LogP contribution in [-0.4, -0.2) is 108 Å². The third-order valence-electron chi connectivity index (χ3n) is 10.3. The molecule has 2 heterocycles. The van der Waals surface area contributed by atoms with Crippen molar-refractivity contribution in [1.82, 2.24) is 4.90 Å².